The third-order valence-electron chi connectivity index (χ3n) is 10.6. The number of hydrogen-bond donors (Lipinski definition) is 0. The molecule has 0 atom stereocenters. The van der Waals surface area contributed by atoms with Crippen LogP contribution >= 0.6 is 11.3 Å². The number of thiophene rings is 1. The van der Waals surface area contributed by atoms with Gasteiger partial charge in [0.25, 0.3) is 0 Å². The van der Waals surface area contributed by atoms with Crippen LogP contribution in [0, 0.1) is 0 Å². The van der Waals surface area contributed by atoms with E-state index < -0.39 is 0 Å². The van der Waals surface area contributed by atoms with Crippen LogP contribution in [0.25, 0.3) is 69.9 Å². The van der Waals surface area contributed by atoms with Crippen LogP contribution < -0.4 is 0 Å². The number of nitrogens with zero attached hydrogens (tertiary/aromatic N) is 4. The predicted octanol–water partition coefficient (Wildman–Crippen LogP) is 13.6. The lowest BCUT2D eigenvalue weighted by atomic mass is 10.00. The Morgan fingerprint density at radius 3 is 2.00 bits per heavy atom. The maximum absolute atomic E-state index is 5.13. The Kier molecular flexibility index (Phi) is 8.90. The number of hydrogen-bond acceptors (Lipinski definition) is 2. The summed E-state index contributed by atoms with van der Waals surface area (Å²) in [6, 6.07) is 68.3. The molecule has 5 heteroatoms. The number of aliphatic imine (C=N–C) groups is 3. The molecule has 0 amide bonds. The molecule has 8 aromatic carbocycles. The third-order valence-corrected chi connectivity index (χ3v) is 11.8. The Hall–Kier alpha value is -7.21. The molecule has 0 radical (unpaired) electrons. The van der Waals surface area contributed by atoms with Gasteiger partial charge >= 0.3 is 0 Å². The molecule has 0 saturated carbocycles. The van der Waals surface area contributed by atoms with Gasteiger partial charge < -0.3 is 4.57 Å². The zero-order valence-corrected chi connectivity index (χ0v) is 31.9. The minimum Gasteiger partial charge on any atom is -0.309 e. The molecule has 2 heterocycles. The molecule has 0 fully saturated rings. The van der Waals surface area contributed by atoms with Crippen LogP contribution in [0.3, 0.4) is 0 Å². The first-order valence-electron chi connectivity index (χ1n) is 19.1. The Balaban J connectivity index is 1.10. The summed E-state index contributed by atoms with van der Waals surface area (Å²) in [7, 11) is 0. The maximum atomic E-state index is 5.13. The smallest absolute Gasteiger partial charge is 0.161 e. The second kappa shape index (κ2) is 14.8. The molecule has 0 saturated heterocycles. The lowest BCUT2D eigenvalue weighted by Crippen LogP contribution is -2.06. The molecule has 0 aliphatic rings. The molecule has 0 unspecified atom stereocenters. The average Bonchev–Trinajstić information content (AvgIpc) is 3.84. The number of fused-ring (bicyclic) bond motifs is 6. The van der Waals surface area contributed by atoms with E-state index in [9.17, 15) is 0 Å². The highest BCUT2D eigenvalue weighted by Gasteiger charge is 2.19. The van der Waals surface area contributed by atoms with Crippen LogP contribution in [0.4, 0.5) is 0 Å². The van der Waals surface area contributed by atoms with Crippen molar-refractivity contribution in [2.45, 2.75) is 6.54 Å². The van der Waals surface area contributed by atoms with Crippen LogP contribution in [0.15, 0.2) is 209 Å². The summed E-state index contributed by atoms with van der Waals surface area (Å²) < 4.78 is 4.98. The van der Waals surface area contributed by atoms with Crippen molar-refractivity contribution >= 4 is 71.7 Å². The van der Waals surface area contributed by atoms with Crippen molar-refractivity contribution < 1.29 is 0 Å². The monoisotopic (exact) mass is 748 g/mol. The van der Waals surface area contributed by atoms with Crippen molar-refractivity contribution in [3.8, 4) is 27.9 Å². The molecule has 0 bridgehead atoms. The van der Waals surface area contributed by atoms with Crippen molar-refractivity contribution in [2.75, 3.05) is 0 Å². The SMILES string of the molecule is C=NC(=NC(=NCc1cccc(-c2ccccc2)c1)c1ccccc1)c1cccc(-n2c3ccccc3c3cccc(-c4cccc5c4sc4ccccc45)c32)c1. The summed E-state index contributed by atoms with van der Waals surface area (Å²) in [6.45, 7) is 4.47. The van der Waals surface area contributed by atoms with E-state index in [0.717, 1.165) is 39.0 Å². The normalized spacial score (nSPS) is 12.2. The fourth-order valence-corrected chi connectivity index (χ4v) is 9.19. The molecule has 270 valence electrons. The molecule has 0 spiro atoms. The third kappa shape index (κ3) is 6.34. The number of aromatic nitrogens is 1. The second-order valence-electron chi connectivity index (χ2n) is 14.1. The summed E-state index contributed by atoms with van der Waals surface area (Å²) in [5, 5.41) is 4.99. The topological polar surface area (TPSA) is 42.0 Å². The van der Waals surface area contributed by atoms with Gasteiger partial charge in [0.1, 0.15) is 0 Å². The minimum absolute atomic E-state index is 0.468. The van der Waals surface area contributed by atoms with Gasteiger partial charge in [-0.05, 0) is 53.7 Å². The highest BCUT2D eigenvalue weighted by atomic mass is 32.1. The number of rotatable bonds is 7. The standard InChI is InChI=1S/C52H36N4S/c1-53-51(55-52(37-19-6-3-7-20-37)54-34-35-16-12-21-38(32-35)36-17-4-2-5-18-36)39-22-13-23-40(33-39)56-47-30-10-8-24-41(47)43-26-14-27-44(49(43)56)46-29-15-28-45-42-25-9-11-31-48(42)57-50(45)46/h2-33H,1,34H2. The number of para-hydroxylation sites is 2. The summed E-state index contributed by atoms with van der Waals surface area (Å²) in [6.07, 6.45) is 0. The molecule has 0 N–H and O–H groups in total. The van der Waals surface area contributed by atoms with Crippen LogP contribution in [-0.4, -0.2) is 23.0 Å². The molecule has 0 aliphatic heterocycles. The van der Waals surface area contributed by atoms with Crippen LogP contribution in [0.5, 0.6) is 0 Å². The van der Waals surface area contributed by atoms with Crippen LogP contribution in [0.1, 0.15) is 16.7 Å². The molecule has 10 rings (SSSR count). The zero-order chi connectivity index (χ0) is 38.1. The van der Waals surface area contributed by atoms with Gasteiger partial charge in [-0.1, -0.05) is 164 Å². The highest BCUT2D eigenvalue weighted by molar-refractivity contribution is 7.26. The molecular formula is C52H36N4S. The molecule has 2 aromatic heterocycles. The van der Waals surface area contributed by atoms with E-state index in [2.05, 4.69) is 174 Å². The van der Waals surface area contributed by atoms with E-state index >= 15 is 0 Å². The summed E-state index contributed by atoms with van der Waals surface area (Å²) in [5.74, 6) is 1.11. The van der Waals surface area contributed by atoms with Gasteiger partial charge in [0.15, 0.2) is 11.7 Å². The molecular weight excluding hydrogens is 713 g/mol. The van der Waals surface area contributed by atoms with Crippen molar-refractivity contribution in [1.82, 2.24) is 4.57 Å². The van der Waals surface area contributed by atoms with Gasteiger partial charge in [0.05, 0.1) is 17.6 Å². The number of benzene rings is 8. The van der Waals surface area contributed by atoms with Gasteiger partial charge in [0, 0.05) is 58.9 Å². The highest BCUT2D eigenvalue weighted by Crippen LogP contribution is 2.44. The van der Waals surface area contributed by atoms with Gasteiger partial charge in [0.2, 0.25) is 0 Å². The van der Waals surface area contributed by atoms with Gasteiger partial charge in [-0.3, -0.25) is 4.99 Å². The van der Waals surface area contributed by atoms with E-state index in [1.807, 2.05) is 47.7 Å². The molecule has 57 heavy (non-hydrogen) atoms. The minimum atomic E-state index is 0.468. The largest absolute Gasteiger partial charge is 0.309 e. The van der Waals surface area contributed by atoms with E-state index in [4.69, 9.17) is 9.98 Å². The van der Waals surface area contributed by atoms with Crippen molar-refractivity contribution in [3.63, 3.8) is 0 Å². The van der Waals surface area contributed by atoms with Crippen LogP contribution in [-0.2, 0) is 6.54 Å². The second-order valence-corrected chi connectivity index (χ2v) is 15.1. The predicted molar refractivity (Wildman–Crippen MR) is 244 cm³/mol. The lowest BCUT2D eigenvalue weighted by Gasteiger charge is -2.14. The lowest BCUT2D eigenvalue weighted by molar-refractivity contribution is 1.06. The van der Waals surface area contributed by atoms with Crippen molar-refractivity contribution in [1.29, 1.82) is 0 Å². The first kappa shape index (κ1) is 34.3. The van der Waals surface area contributed by atoms with E-state index in [1.54, 1.807) is 0 Å². The quantitative estimate of drug-likeness (QED) is 0.115. The summed E-state index contributed by atoms with van der Waals surface area (Å²) >= 11 is 1.86. The summed E-state index contributed by atoms with van der Waals surface area (Å²) in [4.78, 5) is 14.7. The van der Waals surface area contributed by atoms with Crippen molar-refractivity contribution in [3.05, 3.63) is 211 Å². The van der Waals surface area contributed by atoms with Gasteiger partial charge in [-0.15, -0.1) is 11.3 Å². The molecule has 0 aliphatic carbocycles. The fraction of sp³-hybridized carbons (Fsp3) is 0.0192. The van der Waals surface area contributed by atoms with Gasteiger partial charge in [-0.2, -0.15) is 0 Å². The zero-order valence-electron chi connectivity index (χ0n) is 31.1. The first-order valence-corrected chi connectivity index (χ1v) is 19.9. The van der Waals surface area contributed by atoms with Crippen LogP contribution in [0.2, 0.25) is 0 Å². The Bertz CT molecular complexity index is 3170. The number of amidine groups is 2. The van der Waals surface area contributed by atoms with E-state index in [-0.39, 0.29) is 0 Å². The van der Waals surface area contributed by atoms with Gasteiger partial charge in [-0.25, -0.2) is 9.98 Å². The van der Waals surface area contributed by atoms with E-state index in [0.29, 0.717) is 18.2 Å². The Labute approximate surface area is 335 Å². The summed E-state index contributed by atoms with van der Waals surface area (Å²) in [5.41, 5.74) is 10.9. The van der Waals surface area contributed by atoms with E-state index in [1.165, 1.54) is 47.6 Å². The first-order chi connectivity index (χ1) is 28.2. The Morgan fingerprint density at radius 1 is 0.509 bits per heavy atom. The molecule has 4 nitrogen and oxygen atoms in total. The molecule has 10 aromatic rings. The van der Waals surface area contributed by atoms with Crippen molar-refractivity contribution in [2.24, 2.45) is 15.0 Å². The Morgan fingerprint density at radius 2 is 1.16 bits per heavy atom. The fourth-order valence-electron chi connectivity index (χ4n) is 7.96. The average molecular weight is 749 g/mol. The maximum Gasteiger partial charge on any atom is 0.161 e.